The second kappa shape index (κ2) is 5.82. The summed E-state index contributed by atoms with van der Waals surface area (Å²) < 4.78 is 42.1. The molecule has 23 heavy (non-hydrogen) atoms. The maximum absolute atomic E-state index is 12.5. The van der Waals surface area contributed by atoms with Gasteiger partial charge in [0.2, 0.25) is 17.7 Å². The molecule has 0 spiro atoms. The molecule has 1 unspecified atom stereocenters. The van der Waals surface area contributed by atoms with E-state index >= 15 is 0 Å². The van der Waals surface area contributed by atoms with Crippen molar-refractivity contribution < 1.29 is 27.2 Å². The third-order valence-corrected chi connectivity index (χ3v) is 4.13. The molecule has 1 aromatic rings. The van der Waals surface area contributed by atoms with Crippen LogP contribution in [0.3, 0.4) is 0 Å². The highest BCUT2D eigenvalue weighted by atomic mass is 19.4. The lowest BCUT2D eigenvalue weighted by molar-refractivity contribution is -0.157. The first kappa shape index (κ1) is 15.8. The van der Waals surface area contributed by atoms with Gasteiger partial charge in [0.05, 0.1) is 0 Å². The average Bonchev–Trinajstić information content (AvgIpc) is 3.15. The Labute approximate surface area is 129 Å². The monoisotopic (exact) mass is 332 g/mol. The SMILES string of the molecule is O=C1CCC(C(=O)N2CCC(c3nnc(C(F)(F)F)o3)CC2)N1. The van der Waals surface area contributed by atoms with E-state index < -0.39 is 18.1 Å². The standard InChI is InChI=1S/C13H15F3N4O3/c14-13(15,16)12-19-18-10(23-12)7-3-5-20(6-4-7)11(22)8-1-2-9(21)17-8/h7-8H,1-6H2,(H,17,21). The summed E-state index contributed by atoms with van der Waals surface area (Å²) in [4.78, 5) is 25.0. The molecule has 1 atom stereocenters. The Morgan fingerprint density at radius 3 is 2.43 bits per heavy atom. The van der Waals surface area contributed by atoms with Gasteiger partial charge in [0.25, 0.3) is 0 Å². The zero-order chi connectivity index (χ0) is 16.6. The van der Waals surface area contributed by atoms with Crippen LogP contribution in [0, 0.1) is 0 Å². The van der Waals surface area contributed by atoms with Crippen LogP contribution in [0.1, 0.15) is 43.4 Å². The highest BCUT2D eigenvalue weighted by Gasteiger charge is 2.39. The highest BCUT2D eigenvalue weighted by molar-refractivity contribution is 5.90. The molecule has 2 amide bonds. The molecule has 1 aromatic heterocycles. The molecule has 0 aliphatic carbocycles. The zero-order valence-electron chi connectivity index (χ0n) is 12.1. The molecule has 3 heterocycles. The van der Waals surface area contributed by atoms with Gasteiger partial charge >= 0.3 is 12.1 Å². The van der Waals surface area contributed by atoms with Gasteiger partial charge in [0.15, 0.2) is 0 Å². The Bertz CT molecular complexity index is 608. The minimum absolute atomic E-state index is 0.0430. The van der Waals surface area contributed by atoms with E-state index in [1.807, 2.05) is 0 Å². The van der Waals surface area contributed by atoms with Gasteiger partial charge in [0.1, 0.15) is 6.04 Å². The molecule has 0 bridgehead atoms. The zero-order valence-corrected chi connectivity index (χ0v) is 12.1. The molecular weight excluding hydrogens is 317 g/mol. The molecule has 126 valence electrons. The van der Waals surface area contributed by atoms with Crippen LogP contribution in [0.5, 0.6) is 0 Å². The van der Waals surface area contributed by atoms with E-state index in [1.54, 1.807) is 4.90 Å². The number of carbonyl (C=O) groups excluding carboxylic acids is 2. The molecular formula is C13H15F3N4O3. The summed E-state index contributed by atoms with van der Waals surface area (Å²) >= 11 is 0. The topological polar surface area (TPSA) is 88.3 Å². The Kier molecular flexibility index (Phi) is 3.99. The third kappa shape index (κ3) is 3.30. The molecule has 2 fully saturated rings. The smallest absolute Gasteiger partial charge is 0.417 e. The summed E-state index contributed by atoms with van der Waals surface area (Å²) in [6.07, 6.45) is -2.92. The van der Waals surface area contributed by atoms with Gasteiger partial charge in [-0.2, -0.15) is 13.2 Å². The Hall–Kier alpha value is -2.13. The summed E-state index contributed by atoms with van der Waals surface area (Å²) in [6, 6.07) is -0.487. The lowest BCUT2D eigenvalue weighted by atomic mass is 9.96. The molecule has 3 rings (SSSR count). The van der Waals surface area contributed by atoms with E-state index in [-0.39, 0.29) is 23.6 Å². The summed E-state index contributed by atoms with van der Waals surface area (Å²) in [6.45, 7) is 0.777. The maximum atomic E-state index is 12.5. The largest absolute Gasteiger partial charge is 0.470 e. The van der Waals surface area contributed by atoms with Crippen molar-refractivity contribution in [3.63, 3.8) is 0 Å². The Morgan fingerprint density at radius 1 is 1.22 bits per heavy atom. The summed E-state index contributed by atoms with van der Waals surface area (Å²) in [7, 11) is 0. The minimum Gasteiger partial charge on any atom is -0.417 e. The number of likely N-dealkylation sites (tertiary alicyclic amines) is 1. The fourth-order valence-electron chi connectivity index (χ4n) is 2.88. The minimum atomic E-state index is -4.65. The van der Waals surface area contributed by atoms with Crippen molar-refractivity contribution in [2.75, 3.05) is 13.1 Å². The number of alkyl halides is 3. The van der Waals surface area contributed by atoms with Gasteiger partial charge in [-0.05, 0) is 19.3 Å². The second-order valence-electron chi connectivity index (χ2n) is 5.70. The van der Waals surface area contributed by atoms with Crippen molar-refractivity contribution >= 4 is 11.8 Å². The molecule has 10 heteroatoms. The number of hydrogen-bond donors (Lipinski definition) is 1. The number of piperidine rings is 1. The molecule has 0 radical (unpaired) electrons. The van der Waals surface area contributed by atoms with Gasteiger partial charge in [-0.3, -0.25) is 9.59 Å². The molecule has 2 saturated heterocycles. The van der Waals surface area contributed by atoms with Gasteiger partial charge in [-0.15, -0.1) is 10.2 Å². The van der Waals surface area contributed by atoms with Crippen LogP contribution in [0.25, 0.3) is 0 Å². The number of hydrogen-bond acceptors (Lipinski definition) is 5. The van der Waals surface area contributed by atoms with Crippen molar-refractivity contribution in [3.8, 4) is 0 Å². The number of nitrogens with one attached hydrogen (secondary N) is 1. The molecule has 1 N–H and O–H groups in total. The molecule has 7 nitrogen and oxygen atoms in total. The summed E-state index contributed by atoms with van der Waals surface area (Å²) in [5.41, 5.74) is 0. The third-order valence-electron chi connectivity index (χ3n) is 4.13. The van der Waals surface area contributed by atoms with Gasteiger partial charge in [0, 0.05) is 25.4 Å². The van der Waals surface area contributed by atoms with Crippen LogP contribution in [0.2, 0.25) is 0 Å². The second-order valence-corrected chi connectivity index (χ2v) is 5.70. The predicted molar refractivity (Wildman–Crippen MR) is 69.0 cm³/mol. The van der Waals surface area contributed by atoms with Crippen molar-refractivity contribution in [1.29, 1.82) is 0 Å². The Balaban J connectivity index is 1.57. The van der Waals surface area contributed by atoms with E-state index in [4.69, 9.17) is 0 Å². The number of carbonyl (C=O) groups is 2. The normalized spacial score (nSPS) is 23.2. The number of aromatic nitrogens is 2. The van der Waals surface area contributed by atoms with Crippen LogP contribution >= 0.6 is 0 Å². The van der Waals surface area contributed by atoms with Crippen molar-refractivity contribution in [1.82, 2.24) is 20.4 Å². The number of rotatable bonds is 2. The van der Waals surface area contributed by atoms with E-state index in [0.29, 0.717) is 38.8 Å². The Morgan fingerprint density at radius 2 is 1.91 bits per heavy atom. The number of halogens is 3. The predicted octanol–water partition coefficient (Wildman–Crippen LogP) is 1.07. The van der Waals surface area contributed by atoms with Crippen molar-refractivity contribution in [2.24, 2.45) is 0 Å². The maximum Gasteiger partial charge on any atom is 0.470 e. The van der Waals surface area contributed by atoms with Gasteiger partial charge < -0.3 is 14.6 Å². The van der Waals surface area contributed by atoms with Gasteiger partial charge in [-0.25, -0.2) is 0 Å². The van der Waals surface area contributed by atoms with Gasteiger partial charge in [-0.1, -0.05) is 0 Å². The van der Waals surface area contributed by atoms with Crippen molar-refractivity contribution in [2.45, 2.75) is 43.8 Å². The summed E-state index contributed by atoms with van der Waals surface area (Å²) in [5.74, 6) is -1.96. The molecule has 0 aromatic carbocycles. The molecule has 0 saturated carbocycles. The summed E-state index contributed by atoms with van der Waals surface area (Å²) in [5, 5.41) is 9.10. The fraction of sp³-hybridized carbons (Fsp3) is 0.692. The first-order valence-corrected chi connectivity index (χ1v) is 7.33. The van der Waals surface area contributed by atoms with Crippen molar-refractivity contribution in [3.05, 3.63) is 11.8 Å². The first-order chi connectivity index (χ1) is 10.8. The number of amides is 2. The average molecular weight is 332 g/mol. The van der Waals surface area contributed by atoms with E-state index in [0.717, 1.165) is 0 Å². The lowest BCUT2D eigenvalue weighted by Gasteiger charge is -2.32. The first-order valence-electron chi connectivity index (χ1n) is 7.33. The molecule has 2 aliphatic rings. The van der Waals surface area contributed by atoms with Crippen LogP contribution in [-0.4, -0.2) is 46.0 Å². The van der Waals surface area contributed by atoms with E-state index in [1.165, 1.54) is 0 Å². The fourth-order valence-corrected chi connectivity index (χ4v) is 2.88. The van der Waals surface area contributed by atoms with Crippen LogP contribution in [0.4, 0.5) is 13.2 Å². The van der Waals surface area contributed by atoms with Crippen LogP contribution in [0.15, 0.2) is 4.42 Å². The van der Waals surface area contributed by atoms with Crippen LogP contribution in [-0.2, 0) is 15.8 Å². The van der Waals surface area contributed by atoms with E-state index in [2.05, 4.69) is 19.9 Å². The lowest BCUT2D eigenvalue weighted by Crippen LogP contribution is -2.47. The number of nitrogens with zero attached hydrogens (tertiary/aromatic N) is 3. The van der Waals surface area contributed by atoms with E-state index in [9.17, 15) is 22.8 Å². The van der Waals surface area contributed by atoms with Crippen LogP contribution < -0.4 is 5.32 Å². The highest BCUT2D eigenvalue weighted by Crippen LogP contribution is 2.32. The quantitative estimate of drug-likeness (QED) is 0.875. The molecule has 2 aliphatic heterocycles.